The van der Waals surface area contributed by atoms with Crippen molar-refractivity contribution in [3.63, 3.8) is 0 Å². The van der Waals surface area contributed by atoms with Gasteiger partial charge in [0.15, 0.2) is 0 Å². The molecule has 1 atom stereocenters. The van der Waals surface area contributed by atoms with Crippen molar-refractivity contribution in [1.82, 2.24) is 0 Å². The lowest BCUT2D eigenvalue weighted by Gasteiger charge is -2.17. The molecule has 0 radical (unpaired) electrons. The molecule has 2 heteroatoms. The van der Waals surface area contributed by atoms with Crippen LogP contribution in [0.15, 0.2) is 12.2 Å². The maximum Gasteiger partial charge on any atom is 0.303 e. The van der Waals surface area contributed by atoms with E-state index >= 15 is 0 Å². The maximum absolute atomic E-state index is 10.5. The highest BCUT2D eigenvalue weighted by molar-refractivity contribution is 5.66. The topological polar surface area (TPSA) is 37.3 Å². The van der Waals surface area contributed by atoms with Crippen LogP contribution in [0.1, 0.15) is 206 Å². The number of aliphatic carboxylic acids is 1. The van der Waals surface area contributed by atoms with Crippen molar-refractivity contribution in [2.45, 2.75) is 206 Å². The molecule has 1 N–H and O–H groups in total. The van der Waals surface area contributed by atoms with E-state index < -0.39 is 5.97 Å². The quantitative estimate of drug-likeness (QED) is 0.0688. The first-order valence-corrected chi connectivity index (χ1v) is 17.6. The first-order chi connectivity index (χ1) is 18.7. The van der Waals surface area contributed by atoms with Gasteiger partial charge in [-0.15, -0.1) is 0 Å². The van der Waals surface area contributed by atoms with Crippen molar-refractivity contribution in [1.29, 1.82) is 0 Å². The molecule has 0 amide bonds. The molecule has 0 heterocycles. The second-order valence-corrected chi connectivity index (χ2v) is 12.2. The van der Waals surface area contributed by atoms with Gasteiger partial charge in [-0.3, -0.25) is 4.79 Å². The fourth-order valence-corrected chi connectivity index (χ4v) is 5.74. The van der Waals surface area contributed by atoms with Crippen LogP contribution < -0.4 is 0 Å². The third kappa shape index (κ3) is 31.4. The first kappa shape index (κ1) is 37.2. The molecule has 0 aromatic heterocycles. The number of carbonyl (C=O) groups is 1. The van der Waals surface area contributed by atoms with Crippen molar-refractivity contribution in [2.75, 3.05) is 0 Å². The normalized spacial score (nSPS) is 12.5. The predicted octanol–water partition coefficient (Wildman–Crippen LogP) is 13.0. The molecule has 226 valence electrons. The molecule has 0 rings (SSSR count). The molecule has 0 aromatic carbocycles. The zero-order valence-corrected chi connectivity index (χ0v) is 26.3. The number of carboxylic acids is 1. The summed E-state index contributed by atoms with van der Waals surface area (Å²) < 4.78 is 0. The SMILES string of the molecule is CCCCCCCCCCCC(CCCCCC)CCCCCCCC/C=C\CCCCCCCC(=O)O. The molecule has 0 aliphatic carbocycles. The minimum absolute atomic E-state index is 0.332. The zero-order valence-electron chi connectivity index (χ0n) is 26.3. The van der Waals surface area contributed by atoms with Gasteiger partial charge in [0, 0.05) is 6.42 Å². The molecule has 0 saturated carbocycles. The van der Waals surface area contributed by atoms with E-state index in [4.69, 9.17) is 5.11 Å². The van der Waals surface area contributed by atoms with Crippen LogP contribution in [0.25, 0.3) is 0 Å². The van der Waals surface area contributed by atoms with Crippen LogP contribution in [0.2, 0.25) is 0 Å². The molecule has 0 aliphatic heterocycles. The molecule has 2 nitrogen and oxygen atoms in total. The summed E-state index contributed by atoms with van der Waals surface area (Å²) in [5.74, 6) is 0.348. The van der Waals surface area contributed by atoms with Gasteiger partial charge in [0.2, 0.25) is 0 Å². The van der Waals surface area contributed by atoms with E-state index in [1.165, 1.54) is 173 Å². The van der Waals surface area contributed by atoms with Crippen molar-refractivity contribution in [3.8, 4) is 0 Å². The average molecular weight is 535 g/mol. The van der Waals surface area contributed by atoms with Gasteiger partial charge in [-0.25, -0.2) is 0 Å². The van der Waals surface area contributed by atoms with Crippen LogP contribution in [0, 0.1) is 5.92 Å². The highest BCUT2D eigenvalue weighted by Crippen LogP contribution is 2.24. The van der Waals surface area contributed by atoms with E-state index in [0.717, 1.165) is 18.8 Å². The van der Waals surface area contributed by atoms with Crippen LogP contribution in [0.3, 0.4) is 0 Å². The van der Waals surface area contributed by atoms with E-state index in [2.05, 4.69) is 26.0 Å². The molecule has 0 bridgehead atoms. The van der Waals surface area contributed by atoms with Crippen molar-refractivity contribution in [3.05, 3.63) is 12.2 Å². The van der Waals surface area contributed by atoms with Crippen molar-refractivity contribution < 1.29 is 9.90 Å². The number of hydrogen-bond donors (Lipinski definition) is 1. The van der Waals surface area contributed by atoms with Gasteiger partial charge >= 0.3 is 5.97 Å². The number of allylic oxidation sites excluding steroid dienone is 2. The summed E-state index contributed by atoms with van der Waals surface area (Å²) in [7, 11) is 0. The third-order valence-electron chi connectivity index (χ3n) is 8.34. The summed E-state index contributed by atoms with van der Waals surface area (Å²) in [5.41, 5.74) is 0. The summed E-state index contributed by atoms with van der Waals surface area (Å²) >= 11 is 0. The number of rotatable bonds is 32. The summed E-state index contributed by atoms with van der Waals surface area (Å²) in [4.78, 5) is 10.5. The van der Waals surface area contributed by atoms with Gasteiger partial charge in [0.05, 0.1) is 0 Å². The molecular formula is C36H70O2. The lowest BCUT2D eigenvalue weighted by atomic mass is 9.89. The maximum atomic E-state index is 10.5. The fraction of sp³-hybridized carbons (Fsp3) is 0.917. The third-order valence-corrected chi connectivity index (χ3v) is 8.34. The summed E-state index contributed by atoms with van der Waals surface area (Å²) in [6.07, 6.45) is 44.9. The Labute approximate surface area is 240 Å². The van der Waals surface area contributed by atoms with Crippen molar-refractivity contribution >= 4 is 5.97 Å². The smallest absolute Gasteiger partial charge is 0.303 e. The van der Waals surface area contributed by atoms with E-state index in [0.29, 0.717) is 6.42 Å². The Bertz CT molecular complexity index is 484. The zero-order chi connectivity index (χ0) is 27.8. The number of carboxylic acid groups (broad SMARTS) is 1. The average Bonchev–Trinajstić information content (AvgIpc) is 2.91. The number of hydrogen-bond acceptors (Lipinski definition) is 1. The van der Waals surface area contributed by atoms with E-state index in [1.54, 1.807) is 0 Å². The molecule has 0 saturated heterocycles. The van der Waals surface area contributed by atoms with Gasteiger partial charge in [0.25, 0.3) is 0 Å². The second kappa shape index (κ2) is 32.4. The Morgan fingerprint density at radius 2 is 0.789 bits per heavy atom. The highest BCUT2D eigenvalue weighted by atomic mass is 16.4. The Hall–Kier alpha value is -0.790. The molecule has 38 heavy (non-hydrogen) atoms. The molecular weight excluding hydrogens is 464 g/mol. The fourth-order valence-electron chi connectivity index (χ4n) is 5.74. The van der Waals surface area contributed by atoms with Gasteiger partial charge in [-0.05, 0) is 38.0 Å². The molecule has 0 fully saturated rings. The Kier molecular flexibility index (Phi) is 31.7. The highest BCUT2D eigenvalue weighted by Gasteiger charge is 2.08. The van der Waals surface area contributed by atoms with Crippen molar-refractivity contribution in [2.24, 2.45) is 5.92 Å². The Balaban J connectivity index is 3.65. The summed E-state index contributed by atoms with van der Waals surface area (Å²) in [6.45, 7) is 4.63. The summed E-state index contributed by atoms with van der Waals surface area (Å²) in [6, 6.07) is 0. The van der Waals surface area contributed by atoms with Crippen LogP contribution in [0.4, 0.5) is 0 Å². The first-order valence-electron chi connectivity index (χ1n) is 17.6. The second-order valence-electron chi connectivity index (χ2n) is 12.2. The van der Waals surface area contributed by atoms with Crippen LogP contribution in [-0.2, 0) is 4.79 Å². The molecule has 1 unspecified atom stereocenters. The Morgan fingerprint density at radius 1 is 0.474 bits per heavy atom. The summed E-state index contributed by atoms with van der Waals surface area (Å²) in [5, 5.41) is 8.65. The van der Waals surface area contributed by atoms with Crippen LogP contribution in [-0.4, -0.2) is 11.1 Å². The van der Waals surface area contributed by atoms with E-state index in [9.17, 15) is 4.79 Å². The van der Waals surface area contributed by atoms with E-state index in [-0.39, 0.29) is 0 Å². The lowest BCUT2D eigenvalue weighted by Crippen LogP contribution is -2.01. The standard InChI is InChI=1S/C36H70O2/c1-3-5-7-9-10-18-21-24-28-32-35(31-27-8-6-4-2)33-29-25-22-19-16-14-12-11-13-15-17-20-23-26-30-34-36(37)38/h11,13,35H,3-10,12,14-34H2,1-2H3,(H,37,38)/b13-11-. The van der Waals surface area contributed by atoms with Gasteiger partial charge < -0.3 is 5.11 Å². The van der Waals surface area contributed by atoms with Gasteiger partial charge in [-0.1, -0.05) is 180 Å². The minimum Gasteiger partial charge on any atom is -0.481 e. The van der Waals surface area contributed by atoms with E-state index in [1.807, 2.05) is 0 Å². The molecule has 0 aliphatic rings. The number of unbranched alkanes of at least 4 members (excludes halogenated alkanes) is 22. The largest absolute Gasteiger partial charge is 0.481 e. The van der Waals surface area contributed by atoms with Crippen LogP contribution >= 0.6 is 0 Å². The minimum atomic E-state index is -0.658. The predicted molar refractivity (Wildman–Crippen MR) is 170 cm³/mol. The van der Waals surface area contributed by atoms with Crippen LogP contribution in [0.5, 0.6) is 0 Å². The molecule has 0 aromatic rings. The lowest BCUT2D eigenvalue weighted by molar-refractivity contribution is -0.137. The molecule has 0 spiro atoms. The van der Waals surface area contributed by atoms with Gasteiger partial charge in [0.1, 0.15) is 0 Å². The van der Waals surface area contributed by atoms with Gasteiger partial charge in [-0.2, -0.15) is 0 Å². The monoisotopic (exact) mass is 535 g/mol. The Morgan fingerprint density at radius 3 is 1.18 bits per heavy atom.